The molecule has 0 spiro atoms. The Morgan fingerprint density at radius 1 is 1.07 bits per heavy atom. The summed E-state index contributed by atoms with van der Waals surface area (Å²) in [4.78, 5) is 26.5. The van der Waals surface area contributed by atoms with Crippen LogP contribution >= 0.6 is 11.8 Å². The van der Waals surface area contributed by atoms with Gasteiger partial charge in [-0.25, -0.2) is 4.39 Å². The van der Waals surface area contributed by atoms with Gasteiger partial charge < -0.3 is 10.2 Å². The molecule has 2 amide bonds. The Labute approximate surface area is 170 Å². The Morgan fingerprint density at radius 3 is 2.25 bits per heavy atom. The number of hydrogen-bond acceptors (Lipinski definition) is 3. The molecule has 0 aliphatic heterocycles. The third kappa shape index (κ3) is 6.37. The predicted molar refractivity (Wildman–Crippen MR) is 113 cm³/mol. The molecule has 1 atom stereocenters. The van der Waals surface area contributed by atoms with Gasteiger partial charge in [-0.3, -0.25) is 9.59 Å². The van der Waals surface area contributed by atoms with E-state index in [1.165, 1.54) is 40.6 Å². The summed E-state index contributed by atoms with van der Waals surface area (Å²) in [6.07, 6.45) is 0. The van der Waals surface area contributed by atoms with E-state index in [0.717, 1.165) is 11.3 Å². The normalized spacial score (nSPS) is 11.8. The highest BCUT2D eigenvalue weighted by Crippen LogP contribution is 2.18. The Balaban J connectivity index is 2.05. The largest absolute Gasteiger partial charge is 0.357 e. The molecule has 0 saturated heterocycles. The maximum Gasteiger partial charge on any atom is 0.242 e. The van der Waals surface area contributed by atoms with Crippen molar-refractivity contribution in [1.82, 2.24) is 10.2 Å². The average Bonchev–Trinajstić information content (AvgIpc) is 2.65. The van der Waals surface area contributed by atoms with Gasteiger partial charge in [0.15, 0.2) is 0 Å². The Kier molecular flexibility index (Phi) is 8.05. The van der Waals surface area contributed by atoms with Gasteiger partial charge in [0, 0.05) is 19.3 Å². The van der Waals surface area contributed by atoms with E-state index < -0.39 is 6.04 Å². The standard InChI is InChI=1S/C22H27FN2O2S/c1-15-9-16(2)11-19(10-15)13-28-14-21(26)25(17(3)22(27)24-4)12-18-5-7-20(23)8-6-18/h5-11,17H,12-14H2,1-4H3,(H,24,27)/t17-/m1/s1. The molecule has 2 aromatic carbocycles. The van der Waals surface area contributed by atoms with Gasteiger partial charge in [0.1, 0.15) is 11.9 Å². The number of carbonyl (C=O) groups is 2. The smallest absolute Gasteiger partial charge is 0.242 e. The summed E-state index contributed by atoms with van der Waals surface area (Å²) in [7, 11) is 1.55. The van der Waals surface area contributed by atoms with Gasteiger partial charge in [0.2, 0.25) is 11.8 Å². The lowest BCUT2D eigenvalue weighted by Crippen LogP contribution is -2.47. The lowest BCUT2D eigenvalue weighted by molar-refractivity contribution is -0.138. The Morgan fingerprint density at radius 2 is 1.68 bits per heavy atom. The molecule has 4 nitrogen and oxygen atoms in total. The van der Waals surface area contributed by atoms with Crippen molar-refractivity contribution in [2.24, 2.45) is 0 Å². The molecular weight excluding hydrogens is 375 g/mol. The van der Waals surface area contributed by atoms with Gasteiger partial charge in [0.05, 0.1) is 5.75 Å². The van der Waals surface area contributed by atoms with Gasteiger partial charge in [-0.15, -0.1) is 11.8 Å². The minimum atomic E-state index is -0.607. The topological polar surface area (TPSA) is 49.4 Å². The molecule has 0 radical (unpaired) electrons. The van der Waals surface area contributed by atoms with Crippen LogP contribution in [0.2, 0.25) is 0 Å². The van der Waals surface area contributed by atoms with E-state index in [2.05, 4.69) is 37.4 Å². The number of nitrogens with zero attached hydrogens (tertiary/aromatic N) is 1. The Hall–Kier alpha value is -2.34. The molecule has 2 rings (SSSR count). The highest BCUT2D eigenvalue weighted by atomic mass is 32.2. The molecule has 0 fully saturated rings. The van der Waals surface area contributed by atoms with Crippen molar-refractivity contribution in [1.29, 1.82) is 0 Å². The second-order valence-corrected chi connectivity index (χ2v) is 7.91. The highest BCUT2D eigenvalue weighted by molar-refractivity contribution is 7.99. The zero-order valence-electron chi connectivity index (χ0n) is 16.8. The molecule has 0 unspecified atom stereocenters. The molecule has 0 aliphatic rings. The van der Waals surface area contributed by atoms with Crippen LogP contribution in [0.25, 0.3) is 0 Å². The van der Waals surface area contributed by atoms with Gasteiger partial charge in [-0.05, 0) is 44.0 Å². The third-order valence-corrected chi connectivity index (χ3v) is 5.44. The summed E-state index contributed by atoms with van der Waals surface area (Å²) < 4.78 is 13.2. The predicted octanol–water partition coefficient (Wildman–Crippen LogP) is 3.84. The zero-order chi connectivity index (χ0) is 20.7. The molecule has 1 N–H and O–H groups in total. The summed E-state index contributed by atoms with van der Waals surface area (Å²) in [6, 6.07) is 11.7. The number of carbonyl (C=O) groups excluding carboxylic acids is 2. The van der Waals surface area contributed by atoms with Gasteiger partial charge in [-0.1, -0.05) is 41.5 Å². The molecule has 6 heteroatoms. The molecule has 0 saturated carbocycles. The van der Waals surface area contributed by atoms with E-state index in [4.69, 9.17) is 0 Å². The van der Waals surface area contributed by atoms with E-state index in [1.807, 2.05) is 0 Å². The van der Waals surface area contributed by atoms with Crippen LogP contribution in [0.1, 0.15) is 29.2 Å². The fourth-order valence-electron chi connectivity index (χ4n) is 3.07. The van der Waals surface area contributed by atoms with Gasteiger partial charge in [0.25, 0.3) is 0 Å². The van der Waals surface area contributed by atoms with Crippen molar-refractivity contribution in [2.45, 2.75) is 39.1 Å². The SMILES string of the molecule is CNC(=O)[C@@H](C)N(Cc1ccc(F)cc1)C(=O)CSCc1cc(C)cc(C)c1. The van der Waals surface area contributed by atoms with E-state index in [-0.39, 0.29) is 29.9 Å². The summed E-state index contributed by atoms with van der Waals surface area (Å²) in [5.41, 5.74) is 4.37. The molecule has 0 aromatic heterocycles. The minimum absolute atomic E-state index is 0.116. The first kappa shape index (κ1) is 22.0. The van der Waals surface area contributed by atoms with E-state index in [9.17, 15) is 14.0 Å². The number of nitrogens with one attached hydrogen (secondary N) is 1. The van der Waals surface area contributed by atoms with Crippen LogP contribution in [0.4, 0.5) is 4.39 Å². The van der Waals surface area contributed by atoms with Crippen molar-refractivity contribution in [2.75, 3.05) is 12.8 Å². The maximum absolute atomic E-state index is 13.2. The number of benzene rings is 2. The molecular formula is C22H27FN2O2S. The zero-order valence-corrected chi connectivity index (χ0v) is 17.6. The number of halogens is 1. The third-order valence-electron chi connectivity index (χ3n) is 4.46. The second-order valence-electron chi connectivity index (χ2n) is 6.93. The number of likely N-dealkylation sites (N-methyl/N-ethyl adjacent to an activating group) is 1. The van der Waals surface area contributed by atoms with Gasteiger partial charge in [-0.2, -0.15) is 0 Å². The first-order valence-electron chi connectivity index (χ1n) is 9.20. The van der Waals surface area contributed by atoms with Crippen molar-refractivity contribution in [3.8, 4) is 0 Å². The lowest BCUT2D eigenvalue weighted by Gasteiger charge is -2.28. The number of rotatable bonds is 8. The number of aryl methyl sites for hydroxylation is 2. The van der Waals surface area contributed by atoms with Crippen LogP contribution in [-0.4, -0.2) is 35.6 Å². The fraction of sp³-hybridized carbons (Fsp3) is 0.364. The van der Waals surface area contributed by atoms with Crippen LogP contribution in [-0.2, 0) is 21.9 Å². The minimum Gasteiger partial charge on any atom is -0.357 e. The van der Waals surface area contributed by atoms with Crippen LogP contribution < -0.4 is 5.32 Å². The fourth-order valence-corrected chi connectivity index (χ4v) is 3.91. The number of hydrogen-bond donors (Lipinski definition) is 1. The maximum atomic E-state index is 13.2. The van der Waals surface area contributed by atoms with Gasteiger partial charge >= 0.3 is 0 Å². The first-order valence-corrected chi connectivity index (χ1v) is 10.4. The van der Waals surface area contributed by atoms with Crippen molar-refractivity contribution in [3.05, 3.63) is 70.5 Å². The van der Waals surface area contributed by atoms with Crippen LogP contribution in [0.3, 0.4) is 0 Å². The molecule has 0 heterocycles. The molecule has 28 heavy (non-hydrogen) atoms. The van der Waals surface area contributed by atoms with E-state index in [0.29, 0.717) is 0 Å². The summed E-state index contributed by atoms with van der Waals surface area (Å²) >= 11 is 1.53. The quantitative estimate of drug-likeness (QED) is 0.730. The summed E-state index contributed by atoms with van der Waals surface area (Å²) in [5, 5.41) is 2.59. The molecule has 0 bridgehead atoms. The molecule has 150 valence electrons. The number of thioether (sulfide) groups is 1. The van der Waals surface area contributed by atoms with Crippen LogP contribution in [0.15, 0.2) is 42.5 Å². The monoisotopic (exact) mass is 402 g/mol. The second kappa shape index (κ2) is 10.3. The first-order chi connectivity index (χ1) is 13.3. The van der Waals surface area contributed by atoms with E-state index >= 15 is 0 Å². The lowest BCUT2D eigenvalue weighted by atomic mass is 10.1. The van der Waals surface area contributed by atoms with Crippen LogP contribution in [0, 0.1) is 19.7 Å². The van der Waals surface area contributed by atoms with Crippen molar-refractivity contribution < 1.29 is 14.0 Å². The summed E-state index contributed by atoms with van der Waals surface area (Å²) in [6.45, 7) is 6.08. The summed E-state index contributed by atoms with van der Waals surface area (Å²) in [5.74, 6) is 0.331. The van der Waals surface area contributed by atoms with E-state index in [1.54, 1.807) is 31.0 Å². The highest BCUT2D eigenvalue weighted by Gasteiger charge is 2.25. The molecule has 2 aromatic rings. The Bertz CT molecular complexity index is 804. The molecule has 0 aliphatic carbocycles. The van der Waals surface area contributed by atoms with Crippen LogP contribution in [0.5, 0.6) is 0 Å². The van der Waals surface area contributed by atoms with Crippen molar-refractivity contribution in [3.63, 3.8) is 0 Å². The number of amides is 2. The van der Waals surface area contributed by atoms with Crippen molar-refractivity contribution >= 4 is 23.6 Å². The average molecular weight is 403 g/mol.